The summed E-state index contributed by atoms with van der Waals surface area (Å²) in [6, 6.07) is 8.24. The molecule has 2 unspecified atom stereocenters. The van der Waals surface area contributed by atoms with Gasteiger partial charge >= 0.3 is 0 Å². The Morgan fingerprint density at radius 3 is 2.86 bits per heavy atom. The Morgan fingerprint density at radius 2 is 2.09 bits per heavy atom. The lowest BCUT2D eigenvalue weighted by Crippen LogP contribution is -2.35. The Bertz CT molecular complexity index is 541. The number of aliphatic hydroxyl groups is 1. The van der Waals surface area contributed by atoms with E-state index in [1.807, 2.05) is 24.5 Å². The molecule has 1 aliphatic heterocycles. The molecule has 118 valence electrons. The molecule has 0 aromatic carbocycles. The second-order valence-corrected chi connectivity index (χ2v) is 6.10. The monoisotopic (exact) mass is 300 g/mol. The van der Waals surface area contributed by atoms with Crippen molar-refractivity contribution < 1.29 is 9.52 Å². The molecule has 0 radical (unpaired) electrons. The predicted molar refractivity (Wildman–Crippen MR) is 85.2 cm³/mol. The highest BCUT2D eigenvalue weighted by atomic mass is 16.4. The second-order valence-electron chi connectivity index (χ2n) is 6.10. The van der Waals surface area contributed by atoms with Crippen molar-refractivity contribution in [3.05, 3.63) is 54.2 Å². The Kier molecular flexibility index (Phi) is 5.24. The summed E-state index contributed by atoms with van der Waals surface area (Å²) in [5, 5.41) is 10.4. The Balaban J connectivity index is 1.67. The van der Waals surface area contributed by atoms with Gasteiger partial charge in [0, 0.05) is 25.0 Å². The van der Waals surface area contributed by atoms with Crippen molar-refractivity contribution in [3.63, 3.8) is 0 Å². The maximum Gasteiger partial charge on any atom is 0.132 e. The summed E-state index contributed by atoms with van der Waals surface area (Å²) in [6.45, 7) is 2.02. The molecule has 0 bridgehead atoms. The van der Waals surface area contributed by atoms with Crippen molar-refractivity contribution in [1.29, 1.82) is 0 Å². The van der Waals surface area contributed by atoms with Crippen molar-refractivity contribution in [2.75, 3.05) is 6.54 Å². The molecule has 22 heavy (non-hydrogen) atoms. The lowest BCUT2D eigenvalue weighted by atomic mass is 10.0. The molecule has 0 aliphatic carbocycles. The number of furan rings is 1. The van der Waals surface area contributed by atoms with Crippen LogP contribution in [0.1, 0.15) is 49.5 Å². The number of aliphatic hydroxyl groups excluding tert-OH is 1. The highest BCUT2D eigenvalue weighted by molar-refractivity contribution is 5.10. The summed E-state index contributed by atoms with van der Waals surface area (Å²) in [5.74, 6) is 0.674. The van der Waals surface area contributed by atoms with Crippen LogP contribution < -0.4 is 0 Å². The quantitative estimate of drug-likeness (QED) is 0.917. The van der Waals surface area contributed by atoms with Crippen LogP contribution in [0.4, 0.5) is 0 Å². The molecule has 3 heterocycles. The molecule has 2 atom stereocenters. The molecule has 0 spiro atoms. The molecular formula is C18H24N2O2. The SMILES string of the molecule is OC(CC1CCCCCN1Cc1ccncc1)c1ccco1. The van der Waals surface area contributed by atoms with E-state index in [2.05, 4.69) is 22.0 Å². The summed E-state index contributed by atoms with van der Waals surface area (Å²) < 4.78 is 5.34. The standard InChI is InChI=1S/C18H24N2O2/c21-17(18-6-4-12-22-18)13-16-5-2-1-3-11-20(16)14-15-7-9-19-10-8-15/h4,6-10,12,16-17,21H,1-3,5,11,13-14H2. The number of aromatic nitrogens is 1. The van der Waals surface area contributed by atoms with E-state index in [9.17, 15) is 5.11 Å². The van der Waals surface area contributed by atoms with E-state index < -0.39 is 6.10 Å². The average molecular weight is 300 g/mol. The van der Waals surface area contributed by atoms with E-state index in [1.165, 1.54) is 24.8 Å². The summed E-state index contributed by atoms with van der Waals surface area (Å²) >= 11 is 0. The second kappa shape index (κ2) is 7.56. The zero-order valence-corrected chi connectivity index (χ0v) is 12.9. The van der Waals surface area contributed by atoms with Crippen LogP contribution in [0.15, 0.2) is 47.3 Å². The van der Waals surface area contributed by atoms with E-state index in [1.54, 1.807) is 6.26 Å². The van der Waals surface area contributed by atoms with Gasteiger partial charge in [0.2, 0.25) is 0 Å². The van der Waals surface area contributed by atoms with Crippen LogP contribution in [0.2, 0.25) is 0 Å². The van der Waals surface area contributed by atoms with Gasteiger partial charge in [0.15, 0.2) is 0 Å². The maximum atomic E-state index is 10.4. The van der Waals surface area contributed by atoms with Gasteiger partial charge in [-0.15, -0.1) is 0 Å². The van der Waals surface area contributed by atoms with Gasteiger partial charge in [0.1, 0.15) is 11.9 Å². The van der Waals surface area contributed by atoms with Crippen LogP contribution in [-0.4, -0.2) is 27.6 Å². The fourth-order valence-corrected chi connectivity index (χ4v) is 3.29. The van der Waals surface area contributed by atoms with Crippen molar-refractivity contribution in [1.82, 2.24) is 9.88 Å². The molecule has 1 saturated heterocycles. The molecule has 0 amide bonds. The molecule has 3 rings (SSSR count). The van der Waals surface area contributed by atoms with E-state index >= 15 is 0 Å². The molecule has 2 aromatic heterocycles. The van der Waals surface area contributed by atoms with Crippen molar-refractivity contribution in [3.8, 4) is 0 Å². The number of pyridine rings is 1. The third-order valence-electron chi connectivity index (χ3n) is 4.50. The van der Waals surface area contributed by atoms with Crippen molar-refractivity contribution in [2.45, 2.75) is 50.8 Å². The largest absolute Gasteiger partial charge is 0.467 e. The topological polar surface area (TPSA) is 49.5 Å². The molecule has 4 heteroatoms. The van der Waals surface area contributed by atoms with Gasteiger partial charge in [-0.25, -0.2) is 0 Å². The number of likely N-dealkylation sites (tertiary alicyclic amines) is 1. The van der Waals surface area contributed by atoms with Crippen LogP contribution in [0.25, 0.3) is 0 Å². The number of hydrogen-bond donors (Lipinski definition) is 1. The van der Waals surface area contributed by atoms with E-state index in [0.29, 0.717) is 11.8 Å². The minimum Gasteiger partial charge on any atom is -0.467 e. The predicted octanol–water partition coefficient (Wildman–Crippen LogP) is 3.54. The van der Waals surface area contributed by atoms with Crippen LogP contribution in [0.5, 0.6) is 0 Å². The fraction of sp³-hybridized carbons (Fsp3) is 0.500. The van der Waals surface area contributed by atoms with Crippen molar-refractivity contribution >= 4 is 0 Å². The Labute approximate surface area is 131 Å². The molecule has 4 nitrogen and oxygen atoms in total. The van der Waals surface area contributed by atoms with Crippen LogP contribution >= 0.6 is 0 Å². The fourth-order valence-electron chi connectivity index (χ4n) is 3.29. The third kappa shape index (κ3) is 3.96. The molecule has 1 fully saturated rings. The van der Waals surface area contributed by atoms with E-state index in [4.69, 9.17) is 4.42 Å². The molecule has 1 aliphatic rings. The van der Waals surface area contributed by atoms with Gasteiger partial charge in [-0.1, -0.05) is 12.8 Å². The summed E-state index contributed by atoms with van der Waals surface area (Å²) in [7, 11) is 0. The third-order valence-corrected chi connectivity index (χ3v) is 4.50. The van der Waals surface area contributed by atoms with Gasteiger partial charge in [-0.05, 0) is 55.6 Å². The minimum absolute atomic E-state index is 0.399. The smallest absolute Gasteiger partial charge is 0.132 e. The van der Waals surface area contributed by atoms with Gasteiger partial charge in [-0.2, -0.15) is 0 Å². The van der Waals surface area contributed by atoms with E-state index in [-0.39, 0.29) is 0 Å². The minimum atomic E-state index is -0.516. The number of nitrogens with zero attached hydrogens (tertiary/aromatic N) is 2. The highest BCUT2D eigenvalue weighted by Crippen LogP contribution is 2.27. The molecule has 1 N–H and O–H groups in total. The first-order valence-electron chi connectivity index (χ1n) is 8.17. The maximum absolute atomic E-state index is 10.4. The Morgan fingerprint density at radius 1 is 1.23 bits per heavy atom. The number of rotatable bonds is 5. The van der Waals surface area contributed by atoms with Gasteiger partial charge in [0.25, 0.3) is 0 Å². The van der Waals surface area contributed by atoms with Crippen molar-refractivity contribution in [2.24, 2.45) is 0 Å². The summed E-state index contributed by atoms with van der Waals surface area (Å²) in [4.78, 5) is 6.60. The normalized spacial score (nSPS) is 21.4. The lowest BCUT2D eigenvalue weighted by molar-refractivity contribution is 0.0830. The van der Waals surface area contributed by atoms with Gasteiger partial charge in [0.05, 0.1) is 6.26 Å². The first-order valence-corrected chi connectivity index (χ1v) is 8.17. The van der Waals surface area contributed by atoms with Crippen LogP contribution in [-0.2, 0) is 6.54 Å². The first kappa shape index (κ1) is 15.3. The molecular weight excluding hydrogens is 276 g/mol. The van der Waals surface area contributed by atoms with Gasteiger partial charge in [-0.3, -0.25) is 9.88 Å². The zero-order chi connectivity index (χ0) is 15.2. The summed E-state index contributed by atoms with van der Waals surface area (Å²) in [5.41, 5.74) is 1.29. The molecule has 0 saturated carbocycles. The average Bonchev–Trinajstić information content (AvgIpc) is 3.00. The zero-order valence-electron chi connectivity index (χ0n) is 12.9. The summed E-state index contributed by atoms with van der Waals surface area (Å²) in [6.07, 6.45) is 10.4. The number of hydrogen-bond acceptors (Lipinski definition) is 4. The van der Waals surface area contributed by atoms with Gasteiger partial charge < -0.3 is 9.52 Å². The first-order chi connectivity index (χ1) is 10.8. The molecule has 2 aromatic rings. The highest BCUT2D eigenvalue weighted by Gasteiger charge is 2.25. The lowest BCUT2D eigenvalue weighted by Gasteiger charge is -2.31. The van der Waals surface area contributed by atoms with Crippen LogP contribution in [0, 0.1) is 0 Å². The van der Waals surface area contributed by atoms with Crippen LogP contribution in [0.3, 0.4) is 0 Å². The van der Waals surface area contributed by atoms with E-state index in [0.717, 1.165) is 25.9 Å². The Hall–Kier alpha value is -1.65.